The van der Waals surface area contributed by atoms with Crippen LogP contribution in [0.2, 0.25) is 0 Å². The lowest BCUT2D eigenvalue weighted by Gasteiger charge is -2.20. The van der Waals surface area contributed by atoms with Crippen LogP contribution in [0.5, 0.6) is 0 Å². The number of hydrogen-bond acceptors (Lipinski definition) is 6. The third-order valence-electron chi connectivity index (χ3n) is 3.77. The molecule has 10 heteroatoms. The Bertz CT molecular complexity index is 792. The van der Waals surface area contributed by atoms with Crippen molar-refractivity contribution >= 4 is 31.4 Å². The zero-order valence-electron chi connectivity index (χ0n) is 14.4. The number of rotatable bonds is 9. The maximum absolute atomic E-state index is 12.1. The quantitative estimate of drug-likeness (QED) is 0.628. The molecule has 1 aromatic carbocycles. The molecule has 0 saturated carbocycles. The summed E-state index contributed by atoms with van der Waals surface area (Å²) in [6.07, 6.45) is 0.596. The minimum absolute atomic E-state index is 0.0712. The lowest BCUT2D eigenvalue weighted by molar-refractivity contribution is 0.0785. The number of ether oxygens (including phenoxy) is 2. The zero-order valence-corrected chi connectivity index (χ0v) is 16.0. The SMILES string of the molecule is COCCOCCS(=O)(=O)Nc1ccc(N2CCCS2(=O)=O)c(C)c1. The summed E-state index contributed by atoms with van der Waals surface area (Å²) < 4.78 is 62.0. The van der Waals surface area contributed by atoms with Crippen LogP contribution in [0, 0.1) is 6.92 Å². The van der Waals surface area contributed by atoms with Crippen LogP contribution in [-0.4, -0.2) is 61.8 Å². The van der Waals surface area contributed by atoms with Crippen LogP contribution < -0.4 is 9.03 Å². The van der Waals surface area contributed by atoms with E-state index in [1.807, 2.05) is 0 Å². The van der Waals surface area contributed by atoms with Gasteiger partial charge < -0.3 is 9.47 Å². The van der Waals surface area contributed by atoms with E-state index in [1.165, 1.54) is 4.31 Å². The molecule has 0 unspecified atom stereocenters. The molecule has 142 valence electrons. The molecule has 0 radical (unpaired) electrons. The molecule has 1 aromatic rings. The third-order valence-corrected chi connectivity index (χ3v) is 6.87. The second kappa shape index (κ2) is 8.35. The highest BCUT2D eigenvalue weighted by molar-refractivity contribution is 7.93. The first-order valence-electron chi connectivity index (χ1n) is 7.93. The summed E-state index contributed by atoms with van der Waals surface area (Å²) >= 11 is 0. The lowest BCUT2D eigenvalue weighted by Crippen LogP contribution is -2.26. The highest BCUT2D eigenvalue weighted by Gasteiger charge is 2.29. The van der Waals surface area contributed by atoms with Gasteiger partial charge in [-0.2, -0.15) is 0 Å². The molecule has 1 aliphatic rings. The summed E-state index contributed by atoms with van der Waals surface area (Å²) in [5, 5.41) is 0. The second-order valence-corrected chi connectivity index (χ2v) is 9.62. The molecule has 2 rings (SSSR count). The normalized spacial score (nSPS) is 17.0. The second-order valence-electron chi connectivity index (χ2n) is 5.77. The average Bonchev–Trinajstić information content (AvgIpc) is 2.86. The van der Waals surface area contributed by atoms with Gasteiger partial charge in [0.25, 0.3) is 0 Å². The highest BCUT2D eigenvalue weighted by atomic mass is 32.2. The topological polar surface area (TPSA) is 102 Å². The molecule has 1 heterocycles. The average molecular weight is 392 g/mol. The van der Waals surface area contributed by atoms with E-state index in [0.29, 0.717) is 43.1 Å². The van der Waals surface area contributed by atoms with Crippen LogP contribution in [0.3, 0.4) is 0 Å². The number of benzene rings is 1. The van der Waals surface area contributed by atoms with Crippen LogP contribution in [-0.2, 0) is 29.5 Å². The third kappa shape index (κ3) is 5.56. The molecule has 0 spiro atoms. The lowest BCUT2D eigenvalue weighted by atomic mass is 10.2. The number of methoxy groups -OCH3 is 1. The molecule has 1 N–H and O–H groups in total. The monoisotopic (exact) mass is 392 g/mol. The first-order valence-corrected chi connectivity index (χ1v) is 11.2. The van der Waals surface area contributed by atoms with Crippen molar-refractivity contribution in [3.63, 3.8) is 0 Å². The van der Waals surface area contributed by atoms with E-state index in [1.54, 1.807) is 32.2 Å². The van der Waals surface area contributed by atoms with Crippen LogP contribution in [0.25, 0.3) is 0 Å². The van der Waals surface area contributed by atoms with Gasteiger partial charge in [0.15, 0.2) is 0 Å². The van der Waals surface area contributed by atoms with Gasteiger partial charge in [-0.1, -0.05) is 0 Å². The predicted molar refractivity (Wildman–Crippen MR) is 97.0 cm³/mol. The number of anilines is 2. The number of aryl methyl sites for hydroxylation is 1. The molecule has 1 fully saturated rings. The Morgan fingerprint density at radius 1 is 1.24 bits per heavy atom. The van der Waals surface area contributed by atoms with E-state index in [9.17, 15) is 16.8 Å². The molecule has 8 nitrogen and oxygen atoms in total. The first-order chi connectivity index (χ1) is 11.7. The van der Waals surface area contributed by atoms with E-state index < -0.39 is 20.0 Å². The van der Waals surface area contributed by atoms with Crippen molar-refractivity contribution in [3.05, 3.63) is 23.8 Å². The fraction of sp³-hybridized carbons (Fsp3) is 0.600. The van der Waals surface area contributed by atoms with Gasteiger partial charge in [0.05, 0.1) is 37.0 Å². The van der Waals surface area contributed by atoms with Crippen molar-refractivity contribution in [2.75, 3.05) is 54.0 Å². The predicted octanol–water partition coefficient (Wildman–Crippen LogP) is 0.940. The van der Waals surface area contributed by atoms with E-state index >= 15 is 0 Å². The van der Waals surface area contributed by atoms with Gasteiger partial charge in [0.2, 0.25) is 20.0 Å². The minimum Gasteiger partial charge on any atom is -0.382 e. The van der Waals surface area contributed by atoms with Crippen molar-refractivity contribution in [1.29, 1.82) is 0 Å². The van der Waals surface area contributed by atoms with E-state index in [2.05, 4.69) is 4.72 Å². The van der Waals surface area contributed by atoms with Crippen LogP contribution in [0.4, 0.5) is 11.4 Å². The maximum Gasteiger partial charge on any atom is 0.235 e. The Labute approximate surface area is 149 Å². The van der Waals surface area contributed by atoms with Gasteiger partial charge in [-0.25, -0.2) is 16.8 Å². The van der Waals surface area contributed by atoms with Gasteiger partial charge >= 0.3 is 0 Å². The Morgan fingerprint density at radius 3 is 2.60 bits per heavy atom. The molecule has 0 aliphatic carbocycles. The molecule has 25 heavy (non-hydrogen) atoms. The Balaban J connectivity index is 2.00. The van der Waals surface area contributed by atoms with E-state index in [4.69, 9.17) is 9.47 Å². The maximum atomic E-state index is 12.1. The van der Waals surface area contributed by atoms with Crippen molar-refractivity contribution < 1.29 is 26.3 Å². The highest BCUT2D eigenvalue weighted by Crippen LogP contribution is 2.29. The largest absolute Gasteiger partial charge is 0.382 e. The van der Waals surface area contributed by atoms with Gasteiger partial charge in [0, 0.05) is 19.3 Å². The van der Waals surface area contributed by atoms with Gasteiger partial charge in [-0.3, -0.25) is 9.03 Å². The zero-order chi connectivity index (χ0) is 18.5. The Morgan fingerprint density at radius 2 is 2.00 bits per heavy atom. The summed E-state index contributed by atoms with van der Waals surface area (Å²) in [7, 11) is -5.26. The summed E-state index contributed by atoms with van der Waals surface area (Å²) in [6.45, 7) is 3.03. The number of nitrogens with zero attached hydrogens (tertiary/aromatic N) is 1. The van der Waals surface area contributed by atoms with E-state index in [-0.39, 0.29) is 18.1 Å². The van der Waals surface area contributed by atoms with Crippen LogP contribution in [0.1, 0.15) is 12.0 Å². The number of nitrogens with one attached hydrogen (secondary N) is 1. The molecule has 1 aliphatic heterocycles. The number of sulfonamides is 2. The van der Waals surface area contributed by atoms with Crippen molar-refractivity contribution in [1.82, 2.24) is 0 Å². The molecular formula is C15H24N2O6S2. The summed E-state index contributed by atoms with van der Waals surface area (Å²) in [4.78, 5) is 0. The summed E-state index contributed by atoms with van der Waals surface area (Å²) in [5.74, 6) is -0.0259. The smallest absolute Gasteiger partial charge is 0.235 e. The van der Waals surface area contributed by atoms with Crippen molar-refractivity contribution in [3.8, 4) is 0 Å². The number of hydrogen-bond donors (Lipinski definition) is 1. The molecule has 0 bridgehead atoms. The van der Waals surface area contributed by atoms with Crippen LogP contribution in [0.15, 0.2) is 18.2 Å². The summed E-state index contributed by atoms with van der Waals surface area (Å²) in [6, 6.07) is 4.83. The standard InChI is InChI=1S/C15H24N2O6S2/c1-13-12-14(16-24(18,19)11-9-23-8-7-22-2)4-5-15(13)17-6-3-10-25(17,20)21/h4-5,12,16H,3,6-11H2,1-2H3. The molecular weight excluding hydrogens is 368 g/mol. The fourth-order valence-electron chi connectivity index (χ4n) is 2.55. The van der Waals surface area contributed by atoms with Gasteiger partial charge in [-0.05, 0) is 37.1 Å². The fourth-order valence-corrected chi connectivity index (χ4v) is 5.10. The molecule has 0 amide bonds. The van der Waals surface area contributed by atoms with E-state index in [0.717, 1.165) is 0 Å². The Hall–Kier alpha value is -1.36. The summed E-state index contributed by atoms with van der Waals surface area (Å²) in [5.41, 5.74) is 1.68. The first kappa shape index (κ1) is 20.0. The molecule has 0 aromatic heterocycles. The minimum atomic E-state index is -3.54. The Kier molecular flexibility index (Phi) is 6.66. The molecule has 0 atom stereocenters. The van der Waals surface area contributed by atoms with Crippen LogP contribution >= 0.6 is 0 Å². The van der Waals surface area contributed by atoms with Crippen molar-refractivity contribution in [2.24, 2.45) is 0 Å². The van der Waals surface area contributed by atoms with Crippen molar-refractivity contribution in [2.45, 2.75) is 13.3 Å². The van der Waals surface area contributed by atoms with Gasteiger partial charge in [-0.15, -0.1) is 0 Å². The molecule has 1 saturated heterocycles. The van der Waals surface area contributed by atoms with Gasteiger partial charge in [0.1, 0.15) is 0 Å².